The minimum absolute atomic E-state index is 0.421. The molecule has 17 heavy (non-hydrogen) atoms. The third-order valence-corrected chi connectivity index (χ3v) is 3.28. The number of hydrogen-bond acceptors (Lipinski definition) is 4. The van der Waals surface area contributed by atoms with Crippen molar-refractivity contribution in [3.05, 3.63) is 47.4 Å². The van der Waals surface area contributed by atoms with Crippen molar-refractivity contribution in [3.63, 3.8) is 0 Å². The molecule has 1 aromatic heterocycles. The fourth-order valence-corrected chi connectivity index (χ4v) is 2.28. The van der Waals surface area contributed by atoms with Crippen molar-refractivity contribution in [2.24, 2.45) is 0 Å². The van der Waals surface area contributed by atoms with Crippen molar-refractivity contribution in [2.45, 2.75) is 10.8 Å². The maximum absolute atomic E-state index is 5.76. The Bertz CT molecular complexity index is 490. The Morgan fingerprint density at radius 3 is 2.65 bits per heavy atom. The van der Waals surface area contributed by atoms with E-state index in [1.807, 2.05) is 24.3 Å². The quantitative estimate of drug-likeness (QED) is 0.794. The second-order valence-corrected chi connectivity index (χ2v) is 4.70. The van der Waals surface area contributed by atoms with Crippen LogP contribution in [0.4, 0.5) is 0 Å². The maximum Gasteiger partial charge on any atom is 0.148 e. The molecule has 0 radical (unpaired) electrons. The van der Waals surface area contributed by atoms with Gasteiger partial charge in [-0.1, -0.05) is 23.7 Å². The predicted octanol–water partition coefficient (Wildman–Crippen LogP) is 3.43. The summed E-state index contributed by atoms with van der Waals surface area (Å²) in [6.45, 7) is 0. The van der Waals surface area contributed by atoms with Gasteiger partial charge in [0, 0.05) is 5.75 Å². The van der Waals surface area contributed by atoms with E-state index in [-0.39, 0.29) is 0 Å². The predicted molar refractivity (Wildman–Crippen MR) is 69.6 cm³/mol. The van der Waals surface area contributed by atoms with Crippen LogP contribution in [0.25, 0.3) is 0 Å². The minimum atomic E-state index is 0.421. The zero-order valence-electron chi connectivity index (χ0n) is 9.26. The summed E-state index contributed by atoms with van der Waals surface area (Å²) in [6.07, 6.45) is 3.24. The van der Waals surface area contributed by atoms with Crippen molar-refractivity contribution < 1.29 is 4.74 Å². The van der Waals surface area contributed by atoms with Crippen molar-refractivity contribution >= 4 is 23.4 Å². The van der Waals surface area contributed by atoms with Crippen LogP contribution >= 0.6 is 23.4 Å². The highest BCUT2D eigenvalue weighted by molar-refractivity contribution is 7.98. The summed E-state index contributed by atoms with van der Waals surface area (Å²) in [4.78, 5) is 8.15. The Labute approximate surface area is 109 Å². The van der Waals surface area contributed by atoms with Crippen LogP contribution in [0.1, 0.15) is 5.56 Å². The van der Waals surface area contributed by atoms with Crippen LogP contribution in [0.3, 0.4) is 0 Å². The van der Waals surface area contributed by atoms with Crippen molar-refractivity contribution in [1.82, 2.24) is 9.97 Å². The summed E-state index contributed by atoms with van der Waals surface area (Å²) < 4.78 is 5.10. The topological polar surface area (TPSA) is 35.0 Å². The number of aromatic nitrogens is 2. The lowest BCUT2D eigenvalue weighted by Crippen LogP contribution is -1.86. The lowest BCUT2D eigenvalue weighted by molar-refractivity contribution is 0.414. The molecule has 0 aliphatic heterocycles. The second kappa shape index (κ2) is 5.89. The molecule has 0 spiro atoms. The molecule has 0 unspecified atom stereocenters. The molecule has 3 nitrogen and oxygen atoms in total. The van der Waals surface area contributed by atoms with E-state index in [9.17, 15) is 0 Å². The SMILES string of the molecule is COc1ccc(CSc2cncc(Cl)n2)cc1. The molecule has 0 aliphatic carbocycles. The fourth-order valence-electron chi connectivity index (χ4n) is 1.27. The smallest absolute Gasteiger partial charge is 0.148 e. The molecule has 88 valence electrons. The van der Waals surface area contributed by atoms with Crippen molar-refractivity contribution in [3.8, 4) is 5.75 Å². The summed E-state index contributed by atoms with van der Waals surface area (Å²) in [5.74, 6) is 1.69. The van der Waals surface area contributed by atoms with Crippen LogP contribution in [0.15, 0.2) is 41.7 Å². The standard InChI is InChI=1S/C12H11ClN2OS/c1-16-10-4-2-9(3-5-10)8-17-12-7-14-6-11(13)15-12/h2-7H,8H2,1H3. The van der Waals surface area contributed by atoms with Gasteiger partial charge in [-0.15, -0.1) is 11.8 Å². The van der Waals surface area contributed by atoms with Gasteiger partial charge in [-0.2, -0.15) is 0 Å². The van der Waals surface area contributed by atoms with Gasteiger partial charge >= 0.3 is 0 Å². The Balaban J connectivity index is 1.97. The summed E-state index contributed by atoms with van der Waals surface area (Å²) in [7, 11) is 1.66. The number of thioether (sulfide) groups is 1. The summed E-state index contributed by atoms with van der Waals surface area (Å²) in [5.41, 5.74) is 1.21. The van der Waals surface area contributed by atoms with Gasteiger partial charge in [-0.25, -0.2) is 4.98 Å². The highest BCUT2D eigenvalue weighted by atomic mass is 35.5. The molecule has 0 aliphatic rings. The molecular weight excluding hydrogens is 256 g/mol. The van der Waals surface area contributed by atoms with E-state index in [1.165, 1.54) is 11.8 Å². The third-order valence-electron chi connectivity index (χ3n) is 2.13. The summed E-state index contributed by atoms with van der Waals surface area (Å²) in [6, 6.07) is 7.95. The second-order valence-electron chi connectivity index (χ2n) is 3.32. The zero-order chi connectivity index (χ0) is 12.1. The number of benzene rings is 1. The molecule has 0 N–H and O–H groups in total. The number of halogens is 1. The molecule has 2 aromatic rings. The van der Waals surface area contributed by atoms with Crippen LogP contribution < -0.4 is 4.74 Å². The Kier molecular flexibility index (Phi) is 4.23. The molecule has 0 saturated heterocycles. The highest BCUT2D eigenvalue weighted by Crippen LogP contribution is 2.22. The Hall–Kier alpha value is -1.26. The number of rotatable bonds is 4. The Morgan fingerprint density at radius 1 is 1.24 bits per heavy atom. The molecule has 1 aromatic carbocycles. The highest BCUT2D eigenvalue weighted by Gasteiger charge is 2.00. The van der Waals surface area contributed by atoms with Gasteiger partial charge in [0.15, 0.2) is 0 Å². The van der Waals surface area contributed by atoms with E-state index in [2.05, 4.69) is 9.97 Å². The first-order valence-electron chi connectivity index (χ1n) is 5.01. The average Bonchev–Trinajstić information content (AvgIpc) is 2.37. The van der Waals surface area contributed by atoms with Gasteiger partial charge in [-0.05, 0) is 17.7 Å². The fraction of sp³-hybridized carbons (Fsp3) is 0.167. The summed E-state index contributed by atoms with van der Waals surface area (Å²) >= 11 is 7.36. The number of ether oxygens (including phenoxy) is 1. The van der Waals surface area contributed by atoms with Gasteiger partial charge in [0.05, 0.1) is 19.5 Å². The first kappa shape index (κ1) is 12.2. The Morgan fingerprint density at radius 2 is 2.00 bits per heavy atom. The molecule has 0 saturated carbocycles. The molecule has 5 heteroatoms. The maximum atomic E-state index is 5.76. The van der Waals surface area contributed by atoms with Gasteiger partial charge in [-0.3, -0.25) is 4.98 Å². The van der Waals surface area contributed by atoms with Crippen LogP contribution in [-0.4, -0.2) is 17.1 Å². The molecule has 2 rings (SSSR count). The molecule has 1 heterocycles. The largest absolute Gasteiger partial charge is 0.497 e. The van der Waals surface area contributed by atoms with E-state index < -0.39 is 0 Å². The average molecular weight is 267 g/mol. The van der Waals surface area contributed by atoms with Crippen LogP contribution in [0.5, 0.6) is 5.75 Å². The number of hydrogen-bond donors (Lipinski definition) is 0. The number of nitrogens with zero attached hydrogens (tertiary/aromatic N) is 2. The lowest BCUT2D eigenvalue weighted by Gasteiger charge is -2.03. The van der Waals surface area contributed by atoms with Crippen molar-refractivity contribution in [1.29, 1.82) is 0 Å². The van der Waals surface area contributed by atoms with Crippen LogP contribution in [-0.2, 0) is 5.75 Å². The van der Waals surface area contributed by atoms with E-state index in [1.54, 1.807) is 25.1 Å². The van der Waals surface area contributed by atoms with Crippen LogP contribution in [0, 0.1) is 0 Å². The van der Waals surface area contributed by atoms with Crippen molar-refractivity contribution in [2.75, 3.05) is 7.11 Å². The summed E-state index contributed by atoms with van der Waals surface area (Å²) in [5, 5.41) is 1.25. The van der Waals surface area contributed by atoms with E-state index >= 15 is 0 Å². The normalized spacial score (nSPS) is 10.2. The van der Waals surface area contributed by atoms with Gasteiger partial charge in [0.25, 0.3) is 0 Å². The van der Waals surface area contributed by atoms with E-state index in [0.717, 1.165) is 16.5 Å². The molecule has 0 atom stereocenters. The minimum Gasteiger partial charge on any atom is -0.497 e. The first-order chi connectivity index (χ1) is 8.28. The van der Waals surface area contributed by atoms with Gasteiger partial charge < -0.3 is 4.74 Å². The monoisotopic (exact) mass is 266 g/mol. The lowest BCUT2D eigenvalue weighted by atomic mass is 10.2. The molecule has 0 bridgehead atoms. The molecule has 0 amide bonds. The first-order valence-corrected chi connectivity index (χ1v) is 6.37. The van der Waals surface area contributed by atoms with Gasteiger partial charge in [0.1, 0.15) is 15.9 Å². The van der Waals surface area contributed by atoms with Crippen LogP contribution in [0.2, 0.25) is 5.15 Å². The molecular formula is C12H11ClN2OS. The number of methoxy groups -OCH3 is 1. The van der Waals surface area contributed by atoms with E-state index in [0.29, 0.717) is 5.15 Å². The zero-order valence-corrected chi connectivity index (χ0v) is 10.8. The van der Waals surface area contributed by atoms with E-state index in [4.69, 9.17) is 16.3 Å². The molecule has 0 fully saturated rings. The third kappa shape index (κ3) is 3.61. The van der Waals surface area contributed by atoms with Gasteiger partial charge in [0.2, 0.25) is 0 Å².